The summed E-state index contributed by atoms with van der Waals surface area (Å²) in [5.74, 6) is 5.65. The minimum absolute atomic E-state index is 0.501. The summed E-state index contributed by atoms with van der Waals surface area (Å²) < 4.78 is 22.4. The van der Waals surface area contributed by atoms with Crippen molar-refractivity contribution < 1.29 is 13.7 Å². The molecule has 2 aromatic rings. The van der Waals surface area contributed by atoms with Crippen LogP contribution in [0.1, 0.15) is 0 Å². The molecular weight excluding hydrogens is 237 g/mol. The molecule has 3 rings (SSSR count). The fourth-order valence-electron chi connectivity index (χ4n) is 1.97. The number of nitrogens with two attached hydrogens (primary N) is 1. The van der Waals surface area contributed by atoms with Gasteiger partial charge < -0.3 is 4.52 Å². The smallest absolute Gasteiger partial charge is 0.420 e. The molecular formula is C12H10NO3P. The first-order valence-electron chi connectivity index (χ1n) is 5.12. The molecule has 1 aliphatic heterocycles. The highest BCUT2D eigenvalue weighted by Gasteiger charge is 2.36. The predicted octanol–water partition coefficient (Wildman–Crippen LogP) is 2.45. The van der Waals surface area contributed by atoms with E-state index in [2.05, 4.69) is 4.62 Å². The maximum absolute atomic E-state index is 12.4. The van der Waals surface area contributed by atoms with Gasteiger partial charge in [-0.25, -0.2) is 15.1 Å². The summed E-state index contributed by atoms with van der Waals surface area (Å²) in [7, 11) is -3.44. The molecule has 0 saturated carbocycles. The van der Waals surface area contributed by atoms with Crippen molar-refractivity contribution in [1.29, 1.82) is 0 Å². The van der Waals surface area contributed by atoms with Gasteiger partial charge in [0.05, 0.1) is 5.30 Å². The van der Waals surface area contributed by atoms with Gasteiger partial charge in [0.25, 0.3) is 0 Å². The van der Waals surface area contributed by atoms with Gasteiger partial charge in [-0.3, -0.25) is 0 Å². The molecule has 2 aromatic carbocycles. The van der Waals surface area contributed by atoms with E-state index in [0.717, 1.165) is 11.1 Å². The molecule has 0 spiro atoms. The molecule has 1 heterocycles. The summed E-state index contributed by atoms with van der Waals surface area (Å²) >= 11 is 0. The van der Waals surface area contributed by atoms with Crippen LogP contribution in [0.5, 0.6) is 5.75 Å². The van der Waals surface area contributed by atoms with Crippen molar-refractivity contribution in [2.45, 2.75) is 0 Å². The highest BCUT2D eigenvalue weighted by atomic mass is 31.2. The van der Waals surface area contributed by atoms with Gasteiger partial charge in [-0.05, 0) is 12.1 Å². The van der Waals surface area contributed by atoms with Crippen molar-refractivity contribution in [3.63, 3.8) is 0 Å². The topological polar surface area (TPSA) is 61.5 Å². The summed E-state index contributed by atoms with van der Waals surface area (Å²) in [5, 5.41) is 0.501. The Kier molecular flexibility index (Phi) is 2.30. The summed E-state index contributed by atoms with van der Waals surface area (Å²) in [6, 6.07) is 14.6. The largest absolute Gasteiger partial charge is 0.427 e. The molecule has 1 unspecified atom stereocenters. The minimum atomic E-state index is -3.44. The lowest BCUT2D eigenvalue weighted by Crippen LogP contribution is -2.21. The summed E-state index contributed by atoms with van der Waals surface area (Å²) in [6.45, 7) is 0. The standard InChI is InChI=1S/C12H10NO3P/c13-16-17(14)12-8-4-2-6-10(12)9-5-1-3-7-11(9)15-17/h1-8H,13H2. The normalized spacial score (nSPS) is 21.2. The van der Waals surface area contributed by atoms with Crippen molar-refractivity contribution in [2.24, 2.45) is 5.90 Å². The first kappa shape index (κ1) is 10.5. The van der Waals surface area contributed by atoms with Gasteiger partial charge in [0.2, 0.25) is 0 Å². The third-order valence-electron chi connectivity index (χ3n) is 2.73. The Morgan fingerprint density at radius 3 is 2.41 bits per heavy atom. The fourth-order valence-corrected chi connectivity index (χ4v) is 3.40. The van der Waals surface area contributed by atoms with Crippen LogP contribution in [0.15, 0.2) is 48.5 Å². The molecule has 1 atom stereocenters. The predicted molar refractivity (Wildman–Crippen MR) is 65.0 cm³/mol. The second kappa shape index (κ2) is 3.70. The van der Waals surface area contributed by atoms with Gasteiger partial charge in [0, 0.05) is 11.1 Å². The Balaban J connectivity index is 2.34. The van der Waals surface area contributed by atoms with E-state index >= 15 is 0 Å². The minimum Gasteiger partial charge on any atom is -0.420 e. The number of hydrogen-bond donors (Lipinski definition) is 1. The van der Waals surface area contributed by atoms with Crippen LogP contribution in [0.2, 0.25) is 0 Å². The SMILES string of the molecule is NOP1(=O)Oc2ccccc2-c2ccccc21. The van der Waals surface area contributed by atoms with E-state index in [0.29, 0.717) is 11.1 Å². The Bertz CT molecular complexity index is 627. The molecule has 5 heteroatoms. The molecule has 0 radical (unpaired) electrons. The van der Waals surface area contributed by atoms with E-state index in [1.54, 1.807) is 18.2 Å². The Labute approximate surface area is 98.5 Å². The van der Waals surface area contributed by atoms with E-state index in [4.69, 9.17) is 10.4 Å². The van der Waals surface area contributed by atoms with Crippen molar-refractivity contribution >= 4 is 12.9 Å². The first-order valence-corrected chi connectivity index (χ1v) is 6.66. The number of rotatable bonds is 1. The van der Waals surface area contributed by atoms with Gasteiger partial charge >= 0.3 is 7.60 Å². The van der Waals surface area contributed by atoms with Crippen LogP contribution in [-0.2, 0) is 9.19 Å². The third-order valence-corrected chi connectivity index (χ3v) is 4.43. The maximum Gasteiger partial charge on any atom is 0.427 e. The van der Waals surface area contributed by atoms with E-state index in [1.165, 1.54) is 0 Å². The zero-order valence-corrected chi connectivity index (χ0v) is 9.76. The summed E-state index contributed by atoms with van der Waals surface area (Å²) in [5.41, 5.74) is 1.73. The van der Waals surface area contributed by atoms with Gasteiger partial charge in [0.1, 0.15) is 5.75 Å². The van der Waals surface area contributed by atoms with Gasteiger partial charge in [-0.15, -0.1) is 0 Å². The molecule has 0 bridgehead atoms. The van der Waals surface area contributed by atoms with Crippen LogP contribution in [0.3, 0.4) is 0 Å². The Hall–Kier alpha value is -1.61. The number of benzene rings is 2. The van der Waals surface area contributed by atoms with Crippen LogP contribution in [0.25, 0.3) is 11.1 Å². The summed E-state index contributed by atoms with van der Waals surface area (Å²) in [4.78, 5) is 0. The molecule has 2 N–H and O–H groups in total. The molecule has 86 valence electrons. The van der Waals surface area contributed by atoms with E-state index < -0.39 is 7.60 Å². The van der Waals surface area contributed by atoms with Crippen molar-refractivity contribution in [2.75, 3.05) is 0 Å². The average molecular weight is 247 g/mol. The van der Waals surface area contributed by atoms with Crippen LogP contribution >= 0.6 is 7.60 Å². The molecule has 0 amide bonds. The van der Waals surface area contributed by atoms with Crippen LogP contribution in [0.4, 0.5) is 0 Å². The van der Waals surface area contributed by atoms with Crippen LogP contribution in [-0.4, -0.2) is 0 Å². The first-order chi connectivity index (χ1) is 8.24. The Morgan fingerprint density at radius 1 is 1.00 bits per heavy atom. The second-order valence-electron chi connectivity index (χ2n) is 3.71. The van der Waals surface area contributed by atoms with Crippen molar-refractivity contribution in [1.82, 2.24) is 0 Å². The summed E-state index contributed by atoms with van der Waals surface area (Å²) in [6.07, 6.45) is 0. The molecule has 0 aromatic heterocycles. The lowest BCUT2D eigenvalue weighted by atomic mass is 10.0. The molecule has 0 saturated heterocycles. The van der Waals surface area contributed by atoms with Gasteiger partial charge in [-0.1, -0.05) is 36.4 Å². The Morgan fingerprint density at radius 2 is 1.65 bits per heavy atom. The van der Waals surface area contributed by atoms with Crippen LogP contribution < -0.4 is 15.7 Å². The highest BCUT2D eigenvalue weighted by Crippen LogP contribution is 2.53. The van der Waals surface area contributed by atoms with E-state index in [9.17, 15) is 4.57 Å². The average Bonchev–Trinajstić information content (AvgIpc) is 2.39. The monoisotopic (exact) mass is 247 g/mol. The third kappa shape index (κ3) is 1.50. The highest BCUT2D eigenvalue weighted by molar-refractivity contribution is 7.63. The fraction of sp³-hybridized carbons (Fsp3) is 0. The lowest BCUT2D eigenvalue weighted by Gasteiger charge is -2.25. The van der Waals surface area contributed by atoms with Gasteiger partial charge in [0.15, 0.2) is 0 Å². The molecule has 0 fully saturated rings. The lowest BCUT2D eigenvalue weighted by molar-refractivity contribution is 0.283. The van der Waals surface area contributed by atoms with Crippen LogP contribution in [0, 0.1) is 0 Å². The quantitative estimate of drug-likeness (QED) is 0.621. The van der Waals surface area contributed by atoms with Crippen molar-refractivity contribution in [3.05, 3.63) is 48.5 Å². The molecule has 1 aliphatic rings. The maximum atomic E-state index is 12.4. The molecule has 17 heavy (non-hydrogen) atoms. The van der Waals surface area contributed by atoms with E-state index in [1.807, 2.05) is 30.3 Å². The van der Waals surface area contributed by atoms with Gasteiger partial charge in [-0.2, -0.15) is 0 Å². The number of hydrogen-bond acceptors (Lipinski definition) is 4. The zero-order valence-electron chi connectivity index (χ0n) is 8.87. The number of fused-ring (bicyclic) bond motifs is 3. The second-order valence-corrected chi connectivity index (χ2v) is 5.58. The molecule has 4 nitrogen and oxygen atoms in total. The van der Waals surface area contributed by atoms with E-state index in [-0.39, 0.29) is 0 Å². The number of para-hydroxylation sites is 1. The zero-order chi connectivity index (χ0) is 11.9. The molecule has 0 aliphatic carbocycles. The van der Waals surface area contributed by atoms with Crippen molar-refractivity contribution in [3.8, 4) is 16.9 Å².